The van der Waals surface area contributed by atoms with Crippen LogP contribution in [0.1, 0.15) is 58.8 Å². The Hall–Kier alpha value is -2.05. The number of hydrogen-bond donors (Lipinski definition) is 0. The molecule has 2 aliphatic rings. The highest BCUT2D eigenvalue weighted by molar-refractivity contribution is 6.30. The van der Waals surface area contributed by atoms with Crippen molar-refractivity contribution < 1.29 is 13.9 Å². The molecule has 0 aliphatic carbocycles. The summed E-state index contributed by atoms with van der Waals surface area (Å²) < 4.78 is 11.7. The molecule has 2 aromatic rings. The van der Waals surface area contributed by atoms with Gasteiger partial charge in [0.2, 0.25) is 5.89 Å². The number of rotatable bonds is 4. The third-order valence-corrected chi connectivity index (χ3v) is 6.27. The van der Waals surface area contributed by atoms with E-state index >= 15 is 0 Å². The van der Waals surface area contributed by atoms with E-state index in [4.69, 9.17) is 20.8 Å². The van der Waals surface area contributed by atoms with E-state index in [2.05, 4.69) is 9.88 Å². The minimum absolute atomic E-state index is 0.178. The van der Waals surface area contributed by atoms with Crippen molar-refractivity contribution in [3.8, 4) is 11.3 Å². The number of likely N-dealkylation sites (tertiary alicyclic amines) is 2. The Labute approximate surface area is 189 Å². The van der Waals surface area contributed by atoms with E-state index < -0.39 is 5.60 Å². The third kappa shape index (κ3) is 5.42. The number of hydrogen-bond acceptors (Lipinski definition) is 5. The van der Waals surface area contributed by atoms with E-state index in [1.165, 1.54) is 6.42 Å². The average Bonchev–Trinajstić information content (AvgIpc) is 3.37. The van der Waals surface area contributed by atoms with Crippen molar-refractivity contribution in [2.75, 3.05) is 13.1 Å². The molecular formula is C24H32ClN3O3. The lowest BCUT2D eigenvalue weighted by Gasteiger charge is -2.41. The Morgan fingerprint density at radius 3 is 2.77 bits per heavy atom. The van der Waals surface area contributed by atoms with Gasteiger partial charge in [-0.15, -0.1) is 0 Å². The molecule has 7 heteroatoms. The molecule has 0 radical (unpaired) electrons. The van der Waals surface area contributed by atoms with E-state index in [9.17, 15) is 4.79 Å². The molecule has 6 nitrogen and oxygen atoms in total. The highest BCUT2D eigenvalue weighted by Crippen LogP contribution is 2.32. The van der Waals surface area contributed by atoms with Gasteiger partial charge in [0.25, 0.3) is 0 Å². The van der Waals surface area contributed by atoms with Gasteiger partial charge in [-0.1, -0.05) is 30.2 Å². The van der Waals surface area contributed by atoms with Crippen LogP contribution in [0.3, 0.4) is 0 Å². The van der Waals surface area contributed by atoms with Crippen molar-refractivity contribution in [3.05, 3.63) is 41.4 Å². The number of carbonyl (C=O) groups excluding carboxylic acids is 1. The van der Waals surface area contributed by atoms with Gasteiger partial charge in [0.15, 0.2) is 5.76 Å². The van der Waals surface area contributed by atoms with Crippen LogP contribution in [0, 0.1) is 0 Å². The average molecular weight is 446 g/mol. The minimum Gasteiger partial charge on any atom is -0.444 e. The molecule has 2 saturated heterocycles. The largest absolute Gasteiger partial charge is 0.444 e. The number of oxazole rings is 1. The lowest BCUT2D eigenvalue weighted by molar-refractivity contribution is 0.00541. The molecule has 1 aromatic heterocycles. The monoisotopic (exact) mass is 445 g/mol. The number of ether oxygens (including phenoxy) is 1. The maximum atomic E-state index is 12.8. The first kappa shape index (κ1) is 22.2. The Balaban J connectivity index is 1.47. The van der Waals surface area contributed by atoms with Crippen LogP contribution >= 0.6 is 11.6 Å². The van der Waals surface area contributed by atoms with E-state index in [-0.39, 0.29) is 12.1 Å². The fraction of sp³-hybridized carbons (Fsp3) is 0.583. The smallest absolute Gasteiger partial charge is 0.410 e. The van der Waals surface area contributed by atoms with Crippen molar-refractivity contribution in [1.82, 2.24) is 14.8 Å². The summed E-state index contributed by atoms with van der Waals surface area (Å²) in [7, 11) is 0. The summed E-state index contributed by atoms with van der Waals surface area (Å²) in [4.78, 5) is 21.7. The number of piperidine rings is 1. The van der Waals surface area contributed by atoms with Crippen LogP contribution in [-0.2, 0) is 11.3 Å². The summed E-state index contributed by atoms with van der Waals surface area (Å²) in [5.74, 6) is 1.42. The van der Waals surface area contributed by atoms with Crippen molar-refractivity contribution in [2.24, 2.45) is 0 Å². The van der Waals surface area contributed by atoms with Gasteiger partial charge >= 0.3 is 6.09 Å². The molecule has 31 heavy (non-hydrogen) atoms. The SMILES string of the molecule is CC(C)(C)OC(=O)N1CCCC1C1CCCCN1Cc1ncc(-c2cccc(Cl)c2)o1. The van der Waals surface area contributed by atoms with Crippen molar-refractivity contribution in [2.45, 2.75) is 77.1 Å². The molecule has 1 amide bonds. The second-order valence-electron chi connectivity index (χ2n) is 9.55. The Kier molecular flexibility index (Phi) is 6.58. The number of benzene rings is 1. The van der Waals surface area contributed by atoms with Crippen LogP contribution in [0.5, 0.6) is 0 Å². The van der Waals surface area contributed by atoms with Gasteiger partial charge in [-0.05, 0) is 65.1 Å². The Morgan fingerprint density at radius 2 is 2.00 bits per heavy atom. The van der Waals surface area contributed by atoms with Crippen LogP contribution in [0.2, 0.25) is 5.02 Å². The molecule has 4 rings (SSSR count). The number of carbonyl (C=O) groups is 1. The summed E-state index contributed by atoms with van der Waals surface area (Å²) in [5.41, 5.74) is 0.444. The van der Waals surface area contributed by atoms with Gasteiger partial charge in [0.05, 0.1) is 18.8 Å². The summed E-state index contributed by atoms with van der Waals surface area (Å²) in [6.07, 6.45) is 7.01. The number of nitrogens with zero attached hydrogens (tertiary/aromatic N) is 3. The summed E-state index contributed by atoms with van der Waals surface area (Å²) in [6, 6.07) is 8.08. The van der Waals surface area contributed by atoms with E-state index in [1.807, 2.05) is 49.9 Å². The second kappa shape index (κ2) is 9.21. The third-order valence-electron chi connectivity index (χ3n) is 6.04. The number of amides is 1. The second-order valence-corrected chi connectivity index (χ2v) is 9.98. The zero-order valence-electron chi connectivity index (χ0n) is 18.6. The van der Waals surface area contributed by atoms with Crippen LogP contribution in [0.4, 0.5) is 4.79 Å². The first-order chi connectivity index (χ1) is 14.8. The molecule has 2 unspecified atom stereocenters. The zero-order chi connectivity index (χ0) is 22.0. The van der Waals surface area contributed by atoms with Gasteiger partial charge in [0, 0.05) is 23.2 Å². The maximum absolute atomic E-state index is 12.8. The summed E-state index contributed by atoms with van der Waals surface area (Å²) in [6.45, 7) is 8.15. The molecule has 0 N–H and O–H groups in total. The van der Waals surface area contributed by atoms with Crippen molar-refractivity contribution in [3.63, 3.8) is 0 Å². The quantitative estimate of drug-likeness (QED) is 0.599. The van der Waals surface area contributed by atoms with Crippen LogP contribution < -0.4 is 0 Å². The van der Waals surface area contributed by atoms with Gasteiger partial charge < -0.3 is 14.1 Å². The van der Waals surface area contributed by atoms with Crippen molar-refractivity contribution >= 4 is 17.7 Å². The fourth-order valence-electron chi connectivity index (χ4n) is 4.72. The topological polar surface area (TPSA) is 58.8 Å². The van der Waals surface area contributed by atoms with Gasteiger partial charge in [0.1, 0.15) is 5.60 Å². The number of aromatic nitrogens is 1. The Bertz CT molecular complexity index is 907. The summed E-state index contributed by atoms with van der Waals surface area (Å²) >= 11 is 6.12. The minimum atomic E-state index is -0.481. The van der Waals surface area contributed by atoms with Gasteiger partial charge in [-0.25, -0.2) is 9.78 Å². The molecule has 2 atom stereocenters. The van der Waals surface area contributed by atoms with Crippen LogP contribution in [0.15, 0.2) is 34.9 Å². The molecule has 0 spiro atoms. The molecule has 1 aromatic carbocycles. The predicted molar refractivity (Wildman–Crippen MR) is 121 cm³/mol. The molecule has 168 valence electrons. The molecule has 0 bridgehead atoms. The predicted octanol–water partition coefficient (Wildman–Crippen LogP) is 5.75. The summed E-state index contributed by atoms with van der Waals surface area (Å²) in [5, 5.41) is 0.676. The lowest BCUT2D eigenvalue weighted by Crippen LogP contribution is -2.53. The maximum Gasteiger partial charge on any atom is 0.410 e. The Morgan fingerprint density at radius 1 is 1.19 bits per heavy atom. The first-order valence-electron chi connectivity index (χ1n) is 11.2. The molecule has 2 aliphatic heterocycles. The van der Waals surface area contributed by atoms with Crippen LogP contribution in [-0.4, -0.2) is 51.7 Å². The highest BCUT2D eigenvalue weighted by atomic mass is 35.5. The van der Waals surface area contributed by atoms with Gasteiger partial charge in [-0.2, -0.15) is 0 Å². The molecule has 2 fully saturated rings. The van der Waals surface area contributed by atoms with Crippen molar-refractivity contribution in [1.29, 1.82) is 0 Å². The molecular weight excluding hydrogens is 414 g/mol. The standard InChI is InChI=1S/C24H32ClN3O3/c1-24(2,3)31-23(29)28-13-7-11-20(28)19-10-4-5-12-27(19)16-22-26-15-21(30-22)17-8-6-9-18(25)14-17/h6,8-9,14-15,19-20H,4-5,7,10-13,16H2,1-3H3. The van der Waals surface area contributed by atoms with E-state index in [1.54, 1.807) is 6.20 Å². The molecule has 3 heterocycles. The molecule has 0 saturated carbocycles. The highest BCUT2D eigenvalue weighted by Gasteiger charge is 2.40. The van der Waals surface area contributed by atoms with Crippen LogP contribution in [0.25, 0.3) is 11.3 Å². The van der Waals surface area contributed by atoms with E-state index in [0.717, 1.165) is 50.1 Å². The zero-order valence-corrected chi connectivity index (χ0v) is 19.4. The van der Waals surface area contributed by atoms with E-state index in [0.29, 0.717) is 23.5 Å². The van der Waals surface area contributed by atoms with Gasteiger partial charge in [-0.3, -0.25) is 4.90 Å². The first-order valence-corrected chi connectivity index (χ1v) is 11.6. The normalized spacial score (nSPS) is 22.6. The fourth-order valence-corrected chi connectivity index (χ4v) is 4.91. The number of halogens is 1. The lowest BCUT2D eigenvalue weighted by atomic mass is 9.94.